The Morgan fingerprint density at radius 3 is 2.80 bits per heavy atom. The highest BCUT2D eigenvalue weighted by molar-refractivity contribution is 6.02. The van der Waals surface area contributed by atoms with E-state index in [-0.39, 0.29) is 11.7 Å². The molecule has 0 saturated heterocycles. The molecule has 1 atom stereocenters. The predicted octanol–water partition coefficient (Wildman–Crippen LogP) is 3.36. The average molecular weight is 269 g/mol. The van der Waals surface area contributed by atoms with E-state index in [0.29, 0.717) is 5.56 Å². The summed E-state index contributed by atoms with van der Waals surface area (Å²) in [5.74, 6) is -0.0245. The maximum Gasteiger partial charge on any atom is 0.191 e. The third-order valence-corrected chi connectivity index (χ3v) is 4.25. The smallest absolute Gasteiger partial charge is 0.191 e. The van der Waals surface area contributed by atoms with Gasteiger partial charge in [0.25, 0.3) is 0 Å². The number of ketones is 1. The van der Waals surface area contributed by atoms with Crippen molar-refractivity contribution in [2.24, 2.45) is 5.92 Å². The summed E-state index contributed by atoms with van der Waals surface area (Å²) < 4.78 is 0. The Morgan fingerprint density at radius 1 is 1.20 bits per heavy atom. The zero-order valence-corrected chi connectivity index (χ0v) is 11.5. The van der Waals surface area contributed by atoms with Crippen LogP contribution in [0.1, 0.15) is 42.5 Å². The number of benzene rings is 1. The summed E-state index contributed by atoms with van der Waals surface area (Å²) in [4.78, 5) is 16.7. The fourth-order valence-corrected chi connectivity index (χ4v) is 3.06. The second-order valence-corrected chi connectivity index (χ2v) is 5.62. The number of aliphatic hydroxyl groups is 1. The summed E-state index contributed by atoms with van der Waals surface area (Å²) in [6.07, 6.45) is 6.27. The van der Waals surface area contributed by atoms with E-state index in [1.807, 2.05) is 24.3 Å². The molecule has 0 aliphatic heterocycles. The molecule has 1 unspecified atom stereocenters. The van der Waals surface area contributed by atoms with Gasteiger partial charge in [-0.2, -0.15) is 0 Å². The van der Waals surface area contributed by atoms with Crippen LogP contribution in [0.15, 0.2) is 36.5 Å². The zero-order chi connectivity index (χ0) is 13.9. The van der Waals surface area contributed by atoms with Gasteiger partial charge in [0.05, 0.1) is 5.52 Å². The molecule has 3 heteroatoms. The first-order valence-electron chi connectivity index (χ1n) is 7.33. The molecule has 0 bridgehead atoms. The summed E-state index contributed by atoms with van der Waals surface area (Å²) in [5.41, 5.74) is 1.46. The second-order valence-electron chi connectivity index (χ2n) is 5.62. The number of aromatic nitrogens is 1. The molecule has 1 aromatic heterocycles. The zero-order valence-electron chi connectivity index (χ0n) is 11.5. The second kappa shape index (κ2) is 5.71. The molecule has 20 heavy (non-hydrogen) atoms. The van der Waals surface area contributed by atoms with Crippen molar-refractivity contribution < 1.29 is 9.90 Å². The lowest BCUT2D eigenvalue weighted by atomic mass is 9.82. The van der Waals surface area contributed by atoms with E-state index >= 15 is 0 Å². The van der Waals surface area contributed by atoms with Gasteiger partial charge >= 0.3 is 0 Å². The maximum absolute atomic E-state index is 12.4. The summed E-state index contributed by atoms with van der Waals surface area (Å²) in [6, 6.07) is 9.23. The van der Waals surface area contributed by atoms with Gasteiger partial charge in [-0.1, -0.05) is 25.3 Å². The lowest BCUT2D eigenvalue weighted by Gasteiger charge is -2.25. The number of aliphatic hydroxyl groups excluding tert-OH is 1. The van der Waals surface area contributed by atoms with Crippen molar-refractivity contribution >= 4 is 16.7 Å². The van der Waals surface area contributed by atoms with Gasteiger partial charge in [0.2, 0.25) is 0 Å². The molecule has 104 valence electrons. The van der Waals surface area contributed by atoms with Crippen molar-refractivity contribution in [1.82, 2.24) is 4.98 Å². The Hall–Kier alpha value is -1.74. The molecule has 1 saturated carbocycles. The molecule has 1 N–H and O–H groups in total. The number of nitrogens with zero attached hydrogens (tertiary/aromatic N) is 1. The molecule has 0 spiro atoms. The molecule has 2 aromatic rings. The van der Waals surface area contributed by atoms with Gasteiger partial charge in [-0.3, -0.25) is 9.78 Å². The van der Waals surface area contributed by atoms with Crippen molar-refractivity contribution in [2.75, 3.05) is 0 Å². The minimum Gasteiger partial charge on any atom is -0.385 e. The van der Waals surface area contributed by atoms with Crippen LogP contribution in [0.2, 0.25) is 0 Å². The number of Topliss-reactive ketones (excluding diaryl/α,β-unsaturated/α-hetero) is 1. The largest absolute Gasteiger partial charge is 0.385 e. The van der Waals surface area contributed by atoms with Crippen molar-refractivity contribution in [1.29, 1.82) is 0 Å². The minimum atomic E-state index is -0.857. The first kappa shape index (κ1) is 13.3. The first-order valence-corrected chi connectivity index (χ1v) is 7.33. The van der Waals surface area contributed by atoms with Crippen molar-refractivity contribution in [3.8, 4) is 0 Å². The average Bonchev–Trinajstić information content (AvgIpc) is 2.54. The molecular formula is C17H19NO2. The lowest BCUT2D eigenvalue weighted by molar-refractivity contribution is 0.0535. The fraction of sp³-hybridized carbons (Fsp3) is 0.412. The molecular weight excluding hydrogens is 250 g/mol. The number of hydrogen-bond donors (Lipinski definition) is 1. The van der Waals surface area contributed by atoms with Gasteiger partial charge in [0.15, 0.2) is 5.78 Å². The number of carbonyl (C=O) groups is 1. The predicted molar refractivity (Wildman–Crippen MR) is 78.7 cm³/mol. The van der Waals surface area contributed by atoms with E-state index in [0.717, 1.165) is 36.6 Å². The van der Waals surface area contributed by atoms with E-state index in [1.54, 1.807) is 12.3 Å². The standard InChI is InChI=1S/C17H19NO2/c19-16(12-5-2-1-3-6-12)17(20)14-8-9-15-13(11-14)7-4-10-18-15/h4,7-12,16,19H,1-3,5-6H2. The van der Waals surface area contributed by atoms with Gasteiger partial charge in [-0.15, -0.1) is 0 Å². The Bertz CT molecular complexity index is 617. The van der Waals surface area contributed by atoms with Crippen LogP contribution in [-0.2, 0) is 0 Å². The summed E-state index contributed by atoms with van der Waals surface area (Å²) in [7, 11) is 0. The van der Waals surface area contributed by atoms with E-state index in [4.69, 9.17) is 0 Å². The highest BCUT2D eigenvalue weighted by Gasteiger charge is 2.28. The number of pyridine rings is 1. The molecule has 1 aliphatic rings. The van der Waals surface area contributed by atoms with E-state index < -0.39 is 6.10 Å². The molecule has 1 heterocycles. The van der Waals surface area contributed by atoms with Gasteiger partial charge in [0.1, 0.15) is 6.10 Å². The monoisotopic (exact) mass is 269 g/mol. The molecule has 1 aromatic carbocycles. The quantitative estimate of drug-likeness (QED) is 0.869. The number of rotatable bonds is 3. The van der Waals surface area contributed by atoms with Crippen LogP contribution in [-0.4, -0.2) is 22.0 Å². The molecule has 3 nitrogen and oxygen atoms in total. The number of carbonyl (C=O) groups excluding carboxylic acids is 1. The summed E-state index contributed by atoms with van der Waals surface area (Å²) in [5, 5.41) is 11.2. The van der Waals surface area contributed by atoms with Gasteiger partial charge in [0, 0.05) is 17.1 Å². The normalized spacial score (nSPS) is 18.1. The van der Waals surface area contributed by atoms with Gasteiger partial charge < -0.3 is 5.11 Å². The number of hydrogen-bond acceptors (Lipinski definition) is 3. The fourth-order valence-electron chi connectivity index (χ4n) is 3.06. The lowest BCUT2D eigenvalue weighted by Crippen LogP contribution is -2.31. The third-order valence-electron chi connectivity index (χ3n) is 4.25. The van der Waals surface area contributed by atoms with E-state index in [1.165, 1.54) is 6.42 Å². The Labute approximate surface area is 118 Å². The summed E-state index contributed by atoms with van der Waals surface area (Å²) in [6.45, 7) is 0. The topological polar surface area (TPSA) is 50.2 Å². The van der Waals surface area contributed by atoms with Crippen molar-refractivity contribution in [3.05, 3.63) is 42.1 Å². The SMILES string of the molecule is O=C(c1ccc2ncccc2c1)C(O)C1CCCCC1. The maximum atomic E-state index is 12.4. The third kappa shape index (κ3) is 2.59. The molecule has 3 rings (SSSR count). The molecule has 1 aliphatic carbocycles. The summed E-state index contributed by atoms with van der Waals surface area (Å²) >= 11 is 0. The Kier molecular flexibility index (Phi) is 3.79. The number of fused-ring (bicyclic) bond motifs is 1. The first-order chi connectivity index (χ1) is 9.75. The minimum absolute atomic E-state index is 0.126. The Morgan fingerprint density at radius 2 is 2.00 bits per heavy atom. The Balaban J connectivity index is 1.83. The van der Waals surface area contributed by atoms with Gasteiger partial charge in [-0.25, -0.2) is 0 Å². The van der Waals surface area contributed by atoms with Crippen LogP contribution in [0, 0.1) is 5.92 Å². The van der Waals surface area contributed by atoms with Crippen LogP contribution >= 0.6 is 0 Å². The molecule has 0 radical (unpaired) electrons. The van der Waals surface area contributed by atoms with E-state index in [9.17, 15) is 9.90 Å². The van der Waals surface area contributed by atoms with Crippen LogP contribution in [0.25, 0.3) is 10.9 Å². The van der Waals surface area contributed by atoms with E-state index in [2.05, 4.69) is 4.98 Å². The molecule has 1 fully saturated rings. The van der Waals surface area contributed by atoms with Gasteiger partial charge in [-0.05, 0) is 43.0 Å². The van der Waals surface area contributed by atoms with Crippen LogP contribution < -0.4 is 0 Å². The highest BCUT2D eigenvalue weighted by atomic mass is 16.3. The highest BCUT2D eigenvalue weighted by Crippen LogP contribution is 2.28. The van der Waals surface area contributed by atoms with Crippen LogP contribution in [0.3, 0.4) is 0 Å². The van der Waals surface area contributed by atoms with Crippen molar-refractivity contribution in [2.45, 2.75) is 38.2 Å². The van der Waals surface area contributed by atoms with Crippen LogP contribution in [0.4, 0.5) is 0 Å². The molecule has 0 amide bonds. The van der Waals surface area contributed by atoms with Crippen LogP contribution in [0.5, 0.6) is 0 Å². The van der Waals surface area contributed by atoms with Crippen molar-refractivity contribution in [3.63, 3.8) is 0 Å².